The normalized spacial score (nSPS) is 13.1. The molecule has 0 saturated carbocycles. The lowest BCUT2D eigenvalue weighted by atomic mass is 9.65. The summed E-state index contributed by atoms with van der Waals surface area (Å²) in [5.74, 6) is 3.55. The zero-order valence-corrected chi connectivity index (χ0v) is 27.0. The first-order valence-corrected chi connectivity index (χ1v) is 16.9. The minimum atomic E-state index is -0.545. The van der Waals surface area contributed by atoms with Gasteiger partial charge in [0.1, 0.15) is 11.5 Å². The van der Waals surface area contributed by atoms with E-state index in [1.54, 1.807) is 0 Å². The summed E-state index contributed by atoms with van der Waals surface area (Å²) in [5, 5.41) is 0. The van der Waals surface area contributed by atoms with Gasteiger partial charge in [-0.1, -0.05) is 170 Å². The smallest absolute Gasteiger partial charge is 0.164 e. The summed E-state index contributed by atoms with van der Waals surface area (Å²) in [6.07, 6.45) is 0. The molecule has 2 aliphatic rings. The van der Waals surface area contributed by atoms with Gasteiger partial charge in [-0.2, -0.15) is 0 Å². The Morgan fingerprint density at radius 2 is 0.760 bits per heavy atom. The van der Waals surface area contributed by atoms with Crippen molar-refractivity contribution in [3.8, 4) is 67.9 Å². The van der Waals surface area contributed by atoms with Crippen LogP contribution in [-0.2, 0) is 5.41 Å². The molecule has 0 atom stereocenters. The quantitative estimate of drug-likeness (QED) is 0.192. The molecule has 0 unspecified atom stereocenters. The molecular formula is C46H29N3O. The minimum Gasteiger partial charge on any atom is -0.456 e. The van der Waals surface area contributed by atoms with E-state index in [0.29, 0.717) is 17.5 Å². The highest BCUT2D eigenvalue weighted by Crippen LogP contribution is 2.63. The van der Waals surface area contributed by atoms with E-state index < -0.39 is 5.41 Å². The van der Waals surface area contributed by atoms with Crippen LogP contribution < -0.4 is 4.74 Å². The Balaban J connectivity index is 1.23. The van der Waals surface area contributed by atoms with E-state index in [-0.39, 0.29) is 0 Å². The van der Waals surface area contributed by atoms with Gasteiger partial charge in [0, 0.05) is 33.4 Å². The highest BCUT2D eigenvalue weighted by atomic mass is 16.5. The number of ether oxygens (including phenoxy) is 1. The van der Waals surface area contributed by atoms with Gasteiger partial charge < -0.3 is 4.74 Å². The molecular weight excluding hydrogens is 611 g/mol. The van der Waals surface area contributed by atoms with Crippen LogP contribution in [0.25, 0.3) is 56.4 Å². The number of rotatable bonds is 4. The summed E-state index contributed by atoms with van der Waals surface area (Å²) in [4.78, 5) is 15.1. The lowest BCUT2D eigenvalue weighted by Crippen LogP contribution is -2.32. The molecule has 0 saturated heterocycles. The van der Waals surface area contributed by atoms with Crippen molar-refractivity contribution in [3.63, 3.8) is 0 Å². The third-order valence-electron chi connectivity index (χ3n) is 10.0. The van der Waals surface area contributed by atoms with Crippen molar-refractivity contribution in [1.82, 2.24) is 15.0 Å². The second kappa shape index (κ2) is 11.2. The fourth-order valence-electron chi connectivity index (χ4n) is 7.93. The summed E-state index contributed by atoms with van der Waals surface area (Å²) in [7, 11) is 0. The van der Waals surface area contributed by atoms with Crippen LogP contribution in [0.4, 0.5) is 0 Å². The summed E-state index contributed by atoms with van der Waals surface area (Å²) < 4.78 is 7.00. The highest BCUT2D eigenvalue weighted by Gasteiger charge is 2.51. The van der Waals surface area contributed by atoms with Gasteiger partial charge in [-0.15, -0.1) is 0 Å². The number of para-hydroxylation sites is 2. The van der Waals surface area contributed by atoms with Crippen molar-refractivity contribution < 1.29 is 4.74 Å². The number of hydrogen-bond acceptors (Lipinski definition) is 4. The Morgan fingerprint density at radius 3 is 1.38 bits per heavy atom. The van der Waals surface area contributed by atoms with E-state index in [9.17, 15) is 0 Å². The van der Waals surface area contributed by atoms with Crippen LogP contribution in [0.1, 0.15) is 22.3 Å². The largest absolute Gasteiger partial charge is 0.456 e. The SMILES string of the molecule is c1ccc(-c2nc(-c3ccccc3)nc(-c3ccccc3-c3cccc4c3Oc3ccccc3C43c4ccccc4-c4ccccc43)n2)cc1. The van der Waals surface area contributed by atoms with E-state index in [2.05, 4.69) is 109 Å². The number of aromatic nitrogens is 3. The average molecular weight is 640 g/mol. The number of fused-ring (bicyclic) bond motifs is 9. The summed E-state index contributed by atoms with van der Waals surface area (Å²) >= 11 is 0. The molecule has 0 fully saturated rings. The molecule has 2 heterocycles. The lowest BCUT2D eigenvalue weighted by Gasteiger charge is -2.40. The summed E-state index contributed by atoms with van der Waals surface area (Å²) in [6, 6.07) is 61.2. The van der Waals surface area contributed by atoms with Crippen molar-refractivity contribution in [1.29, 1.82) is 0 Å². The summed E-state index contributed by atoms with van der Waals surface area (Å²) in [6.45, 7) is 0. The first-order chi connectivity index (χ1) is 24.8. The van der Waals surface area contributed by atoms with Gasteiger partial charge in [0.05, 0.1) is 5.41 Å². The fraction of sp³-hybridized carbons (Fsp3) is 0.0217. The molecule has 1 aliphatic carbocycles. The lowest BCUT2D eigenvalue weighted by molar-refractivity contribution is 0.438. The molecule has 1 aromatic heterocycles. The van der Waals surface area contributed by atoms with Gasteiger partial charge in [-0.25, -0.2) is 15.0 Å². The van der Waals surface area contributed by atoms with E-state index >= 15 is 0 Å². The van der Waals surface area contributed by atoms with Crippen LogP contribution in [0, 0.1) is 0 Å². The van der Waals surface area contributed by atoms with Gasteiger partial charge in [0.25, 0.3) is 0 Å². The van der Waals surface area contributed by atoms with Gasteiger partial charge in [0.2, 0.25) is 0 Å². The zero-order valence-electron chi connectivity index (χ0n) is 27.0. The van der Waals surface area contributed by atoms with Gasteiger partial charge in [0.15, 0.2) is 17.5 Å². The standard InChI is InChI=1S/C46H29N3O/c1-3-16-30(17-4-1)43-47-44(31-18-5-2-6-19-31)49-45(48-43)36-23-8-7-20-32(36)35-24-15-28-40-42(35)50-41-29-14-13-27-39(41)46(40)37-25-11-9-21-33(37)34-22-10-12-26-38(34)46/h1-29H. The predicted octanol–water partition coefficient (Wildman–Crippen LogP) is 11.0. The van der Waals surface area contributed by atoms with E-state index in [0.717, 1.165) is 50.4 Å². The first kappa shape index (κ1) is 28.4. The van der Waals surface area contributed by atoms with Crippen LogP contribution in [0.15, 0.2) is 176 Å². The molecule has 50 heavy (non-hydrogen) atoms. The predicted molar refractivity (Wildman–Crippen MR) is 199 cm³/mol. The maximum Gasteiger partial charge on any atom is 0.164 e. The van der Waals surface area contributed by atoms with Gasteiger partial charge in [-0.05, 0) is 33.9 Å². The Hall–Kier alpha value is -6.65. The molecule has 0 amide bonds. The third-order valence-corrected chi connectivity index (χ3v) is 10.0. The van der Waals surface area contributed by atoms with Gasteiger partial charge in [-0.3, -0.25) is 0 Å². The molecule has 4 heteroatoms. The number of hydrogen-bond donors (Lipinski definition) is 0. The Labute approximate surface area is 290 Å². The fourth-order valence-corrected chi connectivity index (χ4v) is 7.93. The van der Waals surface area contributed by atoms with Crippen molar-refractivity contribution >= 4 is 0 Å². The number of benzene rings is 7. The van der Waals surface area contributed by atoms with Crippen molar-refractivity contribution in [3.05, 3.63) is 198 Å². The molecule has 7 aromatic carbocycles. The van der Waals surface area contributed by atoms with Gasteiger partial charge >= 0.3 is 0 Å². The minimum absolute atomic E-state index is 0.545. The zero-order chi connectivity index (χ0) is 33.1. The average Bonchev–Trinajstić information content (AvgIpc) is 3.49. The molecule has 4 nitrogen and oxygen atoms in total. The Kier molecular flexibility index (Phi) is 6.36. The Morgan fingerprint density at radius 1 is 0.320 bits per heavy atom. The van der Waals surface area contributed by atoms with Crippen molar-refractivity contribution in [2.24, 2.45) is 0 Å². The van der Waals surface area contributed by atoms with E-state index in [4.69, 9.17) is 19.7 Å². The molecule has 10 rings (SSSR count). The van der Waals surface area contributed by atoms with Crippen LogP contribution in [0.2, 0.25) is 0 Å². The molecule has 1 spiro atoms. The van der Waals surface area contributed by atoms with Crippen LogP contribution >= 0.6 is 0 Å². The number of nitrogens with zero attached hydrogens (tertiary/aromatic N) is 3. The van der Waals surface area contributed by atoms with Crippen molar-refractivity contribution in [2.45, 2.75) is 5.41 Å². The van der Waals surface area contributed by atoms with Crippen molar-refractivity contribution in [2.75, 3.05) is 0 Å². The molecule has 0 radical (unpaired) electrons. The maximum atomic E-state index is 7.00. The molecule has 1 aliphatic heterocycles. The summed E-state index contributed by atoms with van der Waals surface area (Å²) in [5.41, 5.74) is 11.5. The maximum absolute atomic E-state index is 7.00. The second-order valence-electron chi connectivity index (χ2n) is 12.7. The molecule has 8 aromatic rings. The van der Waals surface area contributed by atoms with Crippen LogP contribution in [0.5, 0.6) is 11.5 Å². The third kappa shape index (κ3) is 4.15. The molecule has 0 bridgehead atoms. The monoisotopic (exact) mass is 639 g/mol. The molecule has 0 N–H and O–H groups in total. The first-order valence-electron chi connectivity index (χ1n) is 16.9. The van der Waals surface area contributed by atoms with E-state index in [1.165, 1.54) is 22.3 Å². The topological polar surface area (TPSA) is 47.9 Å². The Bertz CT molecular complexity index is 2480. The molecule has 234 valence electrons. The van der Waals surface area contributed by atoms with Crippen LogP contribution in [-0.4, -0.2) is 15.0 Å². The highest BCUT2D eigenvalue weighted by molar-refractivity contribution is 5.92. The second-order valence-corrected chi connectivity index (χ2v) is 12.7. The van der Waals surface area contributed by atoms with E-state index in [1.807, 2.05) is 66.7 Å². The van der Waals surface area contributed by atoms with Crippen LogP contribution in [0.3, 0.4) is 0 Å².